The van der Waals surface area contributed by atoms with Gasteiger partial charge in [-0.1, -0.05) is 90.9 Å². The van der Waals surface area contributed by atoms with E-state index >= 15 is 0 Å². The van der Waals surface area contributed by atoms with Crippen molar-refractivity contribution in [2.24, 2.45) is 5.92 Å². The molecule has 4 N–H and O–H groups in total. The molecule has 0 spiro atoms. The van der Waals surface area contributed by atoms with Gasteiger partial charge >= 0.3 is 6.03 Å². The molecule has 274 valence electrons. The lowest BCUT2D eigenvalue weighted by atomic mass is 10.0. The molecule has 0 atom stereocenters. The first-order valence-electron chi connectivity index (χ1n) is 18.5. The molecule has 11 nitrogen and oxygen atoms in total. The van der Waals surface area contributed by atoms with Gasteiger partial charge in [0.15, 0.2) is 5.78 Å². The van der Waals surface area contributed by atoms with Crippen molar-refractivity contribution in [2.75, 3.05) is 52.6 Å². The van der Waals surface area contributed by atoms with Crippen molar-refractivity contribution in [1.82, 2.24) is 21.3 Å². The molecule has 0 rings (SSSR count). The molecule has 0 saturated heterocycles. The van der Waals surface area contributed by atoms with Gasteiger partial charge in [-0.3, -0.25) is 14.4 Å². The Morgan fingerprint density at radius 1 is 0.511 bits per heavy atom. The van der Waals surface area contributed by atoms with E-state index in [-0.39, 0.29) is 36.2 Å². The number of amides is 4. The van der Waals surface area contributed by atoms with Crippen molar-refractivity contribution < 1.29 is 33.4 Å². The van der Waals surface area contributed by atoms with E-state index in [2.05, 4.69) is 21.3 Å². The summed E-state index contributed by atoms with van der Waals surface area (Å²) in [7, 11) is 0. The summed E-state index contributed by atoms with van der Waals surface area (Å²) in [5.74, 6) is 0.0755. The number of rotatable bonds is 35. The number of aldehydes is 1. The summed E-state index contributed by atoms with van der Waals surface area (Å²) in [5.41, 5.74) is 0. The fourth-order valence-electron chi connectivity index (χ4n) is 4.83. The van der Waals surface area contributed by atoms with Crippen molar-refractivity contribution in [2.45, 2.75) is 142 Å². The topological polar surface area (TPSA) is 152 Å². The zero-order valence-corrected chi connectivity index (χ0v) is 29.8. The number of ether oxygens (including phenoxy) is 2. The number of hydrogen-bond donors (Lipinski definition) is 4. The van der Waals surface area contributed by atoms with Crippen LogP contribution in [0, 0.1) is 5.92 Å². The van der Waals surface area contributed by atoms with E-state index in [1.807, 2.05) is 13.8 Å². The molecule has 0 aliphatic carbocycles. The zero-order valence-electron chi connectivity index (χ0n) is 29.8. The first-order chi connectivity index (χ1) is 22.9. The van der Waals surface area contributed by atoms with Crippen molar-refractivity contribution in [1.29, 1.82) is 0 Å². The van der Waals surface area contributed by atoms with Crippen LogP contribution in [0.25, 0.3) is 0 Å². The molecular weight excluding hydrogens is 600 g/mol. The van der Waals surface area contributed by atoms with Crippen LogP contribution in [0.4, 0.5) is 4.79 Å². The molecule has 0 heterocycles. The van der Waals surface area contributed by atoms with E-state index < -0.39 is 0 Å². The summed E-state index contributed by atoms with van der Waals surface area (Å²) < 4.78 is 10.6. The Morgan fingerprint density at radius 2 is 0.957 bits per heavy atom. The minimum absolute atomic E-state index is 0.0238. The smallest absolute Gasteiger partial charge is 0.314 e. The molecule has 0 radical (unpaired) electrons. The number of unbranched alkanes of at least 4 members (excludes halogenated alkanes) is 15. The van der Waals surface area contributed by atoms with Crippen molar-refractivity contribution in [3.05, 3.63) is 0 Å². The van der Waals surface area contributed by atoms with Gasteiger partial charge in [-0.15, -0.1) is 0 Å². The summed E-state index contributed by atoms with van der Waals surface area (Å²) >= 11 is 0. The molecule has 4 amide bonds. The van der Waals surface area contributed by atoms with Crippen LogP contribution in [0.1, 0.15) is 142 Å². The third kappa shape index (κ3) is 34.6. The van der Waals surface area contributed by atoms with Crippen molar-refractivity contribution in [3.8, 4) is 0 Å². The van der Waals surface area contributed by atoms with E-state index in [0.29, 0.717) is 71.7 Å². The van der Waals surface area contributed by atoms with E-state index in [1.54, 1.807) is 0 Å². The predicted octanol–water partition coefficient (Wildman–Crippen LogP) is 5.78. The number of carbonyl (C=O) groups is 5. The largest absolute Gasteiger partial charge is 0.377 e. The number of Topliss-reactive ketones (excluding diaryl/α,β-unsaturated/α-hetero) is 1. The first kappa shape index (κ1) is 44.5. The average molecular weight is 669 g/mol. The molecule has 0 bridgehead atoms. The van der Waals surface area contributed by atoms with Gasteiger partial charge in [0.05, 0.1) is 19.8 Å². The highest BCUT2D eigenvalue weighted by Gasteiger charge is 2.07. The molecule has 0 aromatic heterocycles. The van der Waals surface area contributed by atoms with Gasteiger partial charge < -0.3 is 35.5 Å². The van der Waals surface area contributed by atoms with Crippen LogP contribution in [-0.2, 0) is 28.7 Å². The van der Waals surface area contributed by atoms with Crippen LogP contribution in [0.15, 0.2) is 0 Å². The summed E-state index contributed by atoms with van der Waals surface area (Å²) in [4.78, 5) is 57.6. The molecule has 0 aromatic rings. The van der Waals surface area contributed by atoms with Crippen LogP contribution in [-0.4, -0.2) is 82.5 Å². The molecule has 11 heteroatoms. The molecule has 47 heavy (non-hydrogen) atoms. The van der Waals surface area contributed by atoms with Crippen LogP contribution < -0.4 is 21.3 Å². The van der Waals surface area contributed by atoms with Crippen molar-refractivity contribution >= 4 is 29.9 Å². The fourth-order valence-corrected chi connectivity index (χ4v) is 4.83. The molecule has 0 aromatic carbocycles. The lowest BCUT2D eigenvalue weighted by Crippen LogP contribution is -2.38. The maximum atomic E-state index is 12.0. The van der Waals surface area contributed by atoms with Gasteiger partial charge in [0, 0.05) is 51.4 Å². The van der Waals surface area contributed by atoms with Crippen molar-refractivity contribution in [3.63, 3.8) is 0 Å². The third-order valence-corrected chi connectivity index (χ3v) is 7.88. The number of urea groups is 1. The van der Waals surface area contributed by atoms with Crippen LogP contribution >= 0.6 is 0 Å². The Labute approximate surface area is 285 Å². The van der Waals surface area contributed by atoms with Crippen LogP contribution in [0.2, 0.25) is 0 Å². The quantitative estimate of drug-likeness (QED) is 0.0494. The second-order valence-corrected chi connectivity index (χ2v) is 12.6. The van der Waals surface area contributed by atoms with Crippen LogP contribution in [0.3, 0.4) is 0 Å². The Kier molecular flexibility index (Phi) is 32.9. The minimum Gasteiger partial charge on any atom is -0.377 e. The molecule has 0 saturated carbocycles. The second kappa shape index (κ2) is 34.8. The van der Waals surface area contributed by atoms with Gasteiger partial charge in [0.25, 0.3) is 0 Å². The van der Waals surface area contributed by atoms with E-state index in [4.69, 9.17) is 9.47 Å². The van der Waals surface area contributed by atoms with E-state index in [1.165, 1.54) is 70.6 Å². The Morgan fingerprint density at radius 3 is 1.51 bits per heavy atom. The molecule has 0 unspecified atom stereocenters. The summed E-state index contributed by atoms with van der Waals surface area (Å²) in [6.45, 7) is 6.80. The normalized spacial score (nSPS) is 11.0. The van der Waals surface area contributed by atoms with Crippen LogP contribution in [0.5, 0.6) is 0 Å². The highest BCUT2D eigenvalue weighted by molar-refractivity contribution is 5.81. The maximum Gasteiger partial charge on any atom is 0.314 e. The number of hydrogen-bond acceptors (Lipinski definition) is 7. The summed E-state index contributed by atoms with van der Waals surface area (Å²) in [6, 6.07) is -0.262. The molecule has 0 fully saturated rings. The van der Waals surface area contributed by atoms with Gasteiger partial charge in [-0.25, -0.2) is 4.79 Å². The van der Waals surface area contributed by atoms with Gasteiger partial charge in [0.2, 0.25) is 11.8 Å². The number of ketones is 1. The highest BCUT2D eigenvalue weighted by Crippen LogP contribution is 2.13. The molecule has 0 aliphatic rings. The van der Waals surface area contributed by atoms with Gasteiger partial charge in [-0.05, 0) is 32.1 Å². The predicted molar refractivity (Wildman–Crippen MR) is 187 cm³/mol. The monoisotopic (exact) mass is 669 g/mol. The Balaban J connectivity index is 3.37. The Bertz CT molecular complexity index is 795. The summed E-state index contributed by atoms with van der Waals surface area (Å²) in [6.07, 6.45) is 21.9. The van der Waals surface area contributed by atoms with Gasteiger partial charge in [0.1, 0.15) is 12.9 Å². The lowest BCUT2D eigenvalue weighted by Gasteiger charge is -2.09. The molecule has 0 aliphatic heterocycles. The standard InChI is InChI=1S/C36H68N4O7/c1-32(2)33(42)31-47-30-29-46-28-26-40-36(45)39-24-18-17-23-37-35(44)22-20-25-38-34(43)21-16-14-12-10-8-6-4-3-5-7-9-11-13-15-19-27-41/h27,32H,3-26,28-31H2,1-2H3,(H,37,44)(H,38,43)(H2,39,40,45). The fraction of sp³-hybridized carbons (Fsp3) is 0.861. The average Bonchev–Trinajstić information content (AvgIpc) is 3.05. The Hall–Kier alpha value is -2.53. The van der Waals surface area contributed by atoms with Gasteiger partial charge in [-0.2, -0.15) is 0 Å². The third-order valence-electron chi connectivity index (χ3n) is 7.88. The second-order valence-electron chi connectivity index (χ2n) is 12.6. The highest BCUT2D eigenvalue weighted by atomic mass is 16.5. The SMILES string of the molecule is CC(C)C(=O)COCCOCCNC(=O)NCCCCNC(=O)CCCNC(=O)CCCCCCCCCCCCCCCCC=O. The summed E-state index contributed by atoms with van der Waals surface area (Å²) in [5, 5.41) is 11.3. The molecular formula is C36H68N4O7. The first-order valence-corrected chi connectivity index (χ1v) is 18.5. The minimum atomic E-state index is -0.262. The number of nitrogens with one attached hydrogen (secondary N) is 4. The number of carbonyl (C=O) groups excluding carboxylic acids is 5. The van der Waals surface area contributed by atoms with E-state index in [0.717, 1.165) is 38.4 Å². The maximum absolute atomic E-state index is 12.0. The zero-order chi connectivity index (χ0) is 34.6. The van der Waals surface area contributed by atoms with E-state index in [9.17, 15) is 24.0 Å². The lowest BCUT2D eigenvalue weighted by molar-refractivity contribution is -0.127.